The molecule has 0 amide bonds. The Labute approximate surface area is 537 Å². The van der Waals surface area contributed by atoms with Crippen LogP contribution >= 0.6 is 0 Å². The monoisotopic (exact) mass is 1260 g/mol. The molecule has 0 saturated heterocycles. The van der Waals surface area contributed by atoms with Crippen molar-refractivity contribution in [2.75, 3.05) is 0 Å². The van der Waals surface area contributed by atoms with Crippen molar-refractivity contribution in [3.8, 4) is 0 Å². The van der Waals surface area contributed by atoms with Crippen molar-refractivity contribution in [3.05, 3.63) is 0 Å². The summed E-state index contributed by atoms with van der Waals surface area (Å²) in [5.41, 5.74) is 4.98. The van der Waals surface area contributed by atoms with Gasteiger partial charge in [-0.3, -0.25) is 0 Å². The normalized spacial score (nSPS) is 24.3. The van der Waals surface area contributed by atoms with Crippen LogP contribution in [-0.2, 0) is 0 Å². The highest BCUT2D eigenvalue weighted by molar-refractivity contribution is 4.99. The molecule has 0 aromatic rings. The first kappa shape index (κ1) is 88.4. The molecule has 8 saturated carbocycles. The largest absolute Gasteiger partial charge is 0.391 e. The fourth-order valence-corrected chi connectivity index (χ4v) is 15.8. The zero-order chi connectivity index (χ0) is 67.8. The van der Waals surface area contributed by atoms with Crippen LogP contribution in [0.4, 0.5) is 39.5 Å². The summed E-state index contributed by atoms with van der Waals surface area (Å²) in [6, 6.07) is 0. The average molecular weight is 1260 g/mol. The van der Waals surface area contributed by atoms with Gasteiger partial charge in [0.2, 0.25) is 0 Å². The fourth-order valence-electron chi connectivity index (χ4n) is 15.8. The molecular formula is C78H151F9. The lowest BCUT2D eigenvalue weighted by molar-refractivity contribution is -0.164. The highest BCUT2D eigenvalue weighted by atomic mass is 19.4. The first-order chi connectivity index (χ1) is 39.9. The minimum absolute atomic E-state index is 0.231. The van der Waals surface area contributed by atoms with Crippen LogP contribution < -0.4 is 0 Å². The van der Waals surface area contributed by atoms with E-state index < -0.39 is 37.3 Å². The topological polar surface area (TPSA) is 0 Å². The molecule has 0 nitrogen and oxygen atoms in total. The summed E-state index contributed by atoms with van der Waals surface area (Å²) >= 11 is 0. The lowest BCUT2D eigenvalue weighted by Gasteiger charge is -2.54. The summed E-state index contributed by atoms with van der Waals surface area (Å²) in [6.45, 7) is 48.3. The highest BCUT2D eigenvalue weighted by Gasteiger charge is 2.48. The van der Waals surface area contributed by atoms with E-state index in [2.05, 4.69) is 104 Å². The predicted octanol–water partition coefficient (Wildman–Crippen LogP) is 30.4. The lowest BCUT2D eigenvalue weighted by atomic mass is 9.51. The molecule has 8 fully saturated rings. The van der Waals surface area contributed by atoms with Gasteiger partial charge >= 0.3 is 18.5 Å². The Hall–Kier alpha value is -0.630. The summed E-state index contributed by atoms with van der Waals surface area (Å²) in [5, 5.41) is 0. The van der Waals surface area contributed by atoms with Crippen molar-refractivity contribution in [2.24, 2.45) is 85.2 Å². The molecule has 87 heavy (non-hydrogen) atoms. The Kier molecular flexibility index (Phi) is 42.6. The van der Waals surface area contributed by atoms with Crippen LogP contribution in [0.2, 0.25) is 0 Å². The fraction of sp³-hybridized carbons (Fsp3) is 1.00. The van der Waals surface area contributed by atoms with Crippen LogP contribution in [0, 0.1) is 85.2 Å². The van der Waals surface area contributed by atoms with Gasteiger partial charge in [-0.2, -0.15) is 39.5 Å². The molecule has 0 N–H and O–H groups in total. The maximum Gasteiger partial charge on any atom is 0.391 e. The van der Waals surface area contributed by atoms with Gasteiger partial charge in [0.1, 0.15) is 0 Å². The molecule has 2 atom stereocenters. The molecule has 0 bridgehead atoms. The maximum atomic E-state index is 11.5. The van der Waals surface area contributed by atoms with Crippen molar-refractivity contribution in [1.29, 1.82) is 0 Å². The van der Waals surface area contributed by atoms with E-state index in [1.165, 1.54) is 161 Å². The van der Waals surface area contributed by atoms with Crippen LogP contribution in [0.3, 0.4) is 0 Å². The summed E-state index contributed by atoms with van der Waals surface area (Å²) in [5.74, 6) is 3.22. The Morgan fingerprint density at radius 2 is 0.552 bits per heavy atom. The Morgan fingerprint density at radius 1 is 0.333 bits per heavy atom. The number of hydrogen-bond donors (Lipinski definition) is 0. The van der Waals surface area contributed by atoms with Crippen LogP contribution in [0.25, 0.3) is 0 Å². The number of hydrogen-bond acceptors (Lipinski definition) is 0. The van der Waals surface area contributed by atoms with Gasteiger partial charge in [0, 0.05) is 18.8 Å². The van der Waals surface area contributed by atoms with Gasteiger partial charge in [-0.25, -0.2) is 0 Å². The predicted molar refractivity (Wildman–Crippen MR) is 364 cm³/mol. The smallest absolute Gasteiger partial charge is 0.171 e. The third-order valence-electron chi connectivity index (χ3n) is 21.5. The van der Waals surface area contributed by atoms with E-state index >= 15 is 0 Å². The molecule has 0 aliphatic heterocycles. The van der Waals surface area contributed by atoms with Crippen LogP contribution in [0.5, 0.6) is 0 Å². The minimum atomic E-state index is -4.00. The minimum Gasteiger partial charge on any atom is -0.171 e. The van der Waals surface area contributed by atoms with Crippen molar-refractivity contribution < 1.29 is 39.5 Å². The summed E-state index contributed by atoms with van der Waals surface area (Å²) in [6.07, 6.45) is 37.7. The summed E-state index contributed by atoms with van der Waals surface area (Å²) < 4.78 is 102. The molecule has 8 aliphatic carbocycles. The Balaban J connectivity index is 0. The molecule has 8 aliphatic rings. The number of alkyl halides is 9. The first-order valence-corrected chi connectivity index (χ1v) is 37.1. The third kappa shape index (κ3) is 42.3. The van der Waals surface area contributed by atoms with Gasteiger partial charge in [0.05, 0.1) is 0 Å². The Morgan fingerprint density at radius 3 is 0.759 bits per heavy atom. The highest BCUT2D eigenvalue weighted by Crippen LogP contribution is 2.60. The molecule has 0 unspecified atom stereocenters. The Bertz CT molecular complexity index is 1560. The van der Waals surface area contributed by atoms with Gasteiger partial charge in [-0.1, -0.05) is 262 Å². The maximum absolute atomic E-state index is 11.5. The summed E-state index contributed by atoms with van der Waals surface area (Å²) in [4.78, 5) is 0. The zero-order valence-electron chi connectivity index (χ0n) is 62.2. The SMILES string of the molecule is CC.CC(C)C.CC(C)C(F)(F)F.CC1CCC2(CC1)CC(C)(C)CC(C)(C)C2.CC1CCC2(CC1)CCC(C)(C)CC2.CC1CCC2(CCCC2)CC1.CC1CCC2(CCCCC2)CC1.CCC.CC[C@H](C)CC(F)(F)F.CC[C@H](C)CC(F)(F)F. The molecular weight excluding hydrogens is 1110 g/mol. The van der Waals surface area contributed by atoms with Crippen molar-refractivity contribution in [1.82, 2.24) is 0 Å². The van der Waals surface area contributed by atoms with Gasteiger partial charge in [-0.05, 0) is 201 Å². The van der Waals surface area contributed by atoms with Crippen molar-refractivity contribution >= 4 is 0 Å². The van der Waals surface area contributed by atoms with E-state index in [1.807, 2.05) is 13.8 Å². The van der Waals surface area contributed by atoms with Gasteiger partial charge < -0.3 is 0 Å². The van der Waals surface area contributed by atoms with E-state index in [0.29, 0.717) is 34.5 Å². The van der Waals surface area contributed by atoms with E-state index in [0.717, 1.165) is 59.7 Å². The standard InChI is InChI=1S/C16H30.C14H26.C12H22.C11H20.2C6H11F3.C4H7F3.C4H10.C3H8.C2H6/c1-13-6-8-16(9-7-13)11-14(2,3)10-15(4,5)12-16;1-12-4-6-14(7-5-12)10-8-13(2,3)9-11-14;1-11-5-9-12(10-6-11)7-3-2-4-8-12;1-10-4-8-11(9-5-10)6-2-3-7-11;2*1-3-5(2)4-6(7,8)9;1-3(2)4(5,6)7;1-4(2)3;1-3-2;1-2/h13H,6-12H2,1-5H3;12H,4-11H2,1-3H3;11H,2-10H2,1H3;10H,2-9H2,1H3;2*5H,3-4H2,1-2H3;3H,1-2H3;4H,1-3H3;3H2,1-2H3;1-2H3/t;;;;2*5-;;;;/m....00..../s1. The van der Waals surface area contributed by atoms with Gasteiger partial charge in [-0.15, -0.1) is 0 Å². The van der Waals surface area contributed by atoms with E-state index in [9.17, 15) is 39.5 Å². The van der Waals surface area contributed by atoms with E-state index in [1.54, 1.807) is 79.1 Å². The quantitative estimate of drug-likeness (QED) is 0.246. The third-order valence-corrected chi connectivity index (χ3v) is 21.5. The molecule has 0 aromatic heterocycles. The second kappa shape index (κ2) is 41.9. The van der Waals surface area contributed by atoms with Crippen LogP contribution in [0.15, 0.2) is 0 Å². The molecule has 0 heterocycles. The van der Waals surface area contributed by atoms with E-state index in [-0.39, 0.29) is 11.8 Å². The van der Waals surface area contributed by atoms with Crippen LogP contribution in [-0.4, -0.2) is 18.5 Å². The second-order valence-corrected chi connectivity index (χ2v) is 34.3. The molecule has 4 spiro atoms. The van der Waals surface area contributed by atoms with Gasteiger partial charge in [0.25, 0.3) is 0 Å². The van der Waals surface area contributed by atoms with Crippen molar-refractivity contribution in [3.63, 3.8) is 0 Å². The zero-order valence-corrected chi connectivity index (χ0v) is 62.2. The molecule has 526 valence electrons. The lowest BCUT2D eigenvalue weighted by Crippen LogP contribution is -2.43. The van der Waals surface area contributed by atoms with Crippen LogP contribution in [0.1, 0.15) is 397 Å². The molecule has 9 heteroatoms. The molecule has 0 radical (unpaired) electrons. The molecule has 8 rings (SSSR count). The van der Waals surface area contributed by atoms with Gasteiger partial charge in [0.15, 0.2) is 0 Å². The number of halogens is 9. The second-order valence-electron chi connectivity index (χ2n) is 34.3. The molecule has 0 aromatic carbocycles. The van der Waals surface area contributed by atoms with E-state index in [4.69, 9.17) is 0 Å². The number of rotatable bonds is 4. The first-order valence-electron chi connectivity index (χ1n) is 37.1. The van der Waals surface area contributed by atoms with Crippen molar-refractivity contribution in [2.45, 2.75) is 415 Å². The average Bonchev–Trinajstić information content (AvgIpc) is 1.68. The summed E-state index contributed by atoms with van der Waals surface area (Å²) in [7, 11) is 0.